The highest BCUT2D eigenvalue weighted by Gasteiger charge is 2.37. The zero-order valence-electron chi connectivity index (χ0n) is 16.0. The summed E-state index contributed by atoms with van der Waals surface area (Å²) in [6.07, 6.45) is 1.78. The third kappa shape index (κ3) is 4.87. The van der Waals surface area contributed by atoms with E-state index in [9.17, 15) is 18.8 Å². The van der Waals surface area contributed by atoms with Gasteiger partial charge in [-0.05, 0) is 31.5 Å². The van der Waals surface area contributed by atoms with Crippen LogP contribution in [0, 0.1) is 5.82 Å². The lowest BCUT2D eigenvalue weighted by atomic mass is 10.2. The molecule has 2 amide bonds. The Balaban J connectivity index is 1.68. The van der Waals surface area contributed by atoms with Gasteiger partial charge in [-0.15, -0.1) is 0 Å². The van der Waals surface area contributed by atoms with Gasteiger partial charge < -0.3 is 15.8 Å². The van der Waals surface area contributed by atoms with Crippen LogP contribution in [-0.4, -0.2) is 53.1 Å². The van der Waals surface area contributed by atoms with Crippen LogP contribution < -0.4 is 16.6 Å². The van der Waals surface area contributed by atoms with Gasteiger partial charge in [0.25, 0.3) is 5.56 Å². The van der Waals surface area contributed by atoms with Gasteiger partial charge in [-0.2, -0.15) is 0 Å². The Hall–Kier alpha value is -3.04. The molecule has 2 aromatic rings. The van der Waals surface area contributed by atoms with Gasteiger partial charge in [0.1, 0.15) is 5.82 Å². The van der Waals surface area contributed by atoms with Gasteiger partial charge in [0, 0.05) is 31.5 Å². The van der Waals surface area contributed by atoms with Gasteiger partial charge in [0.05, 0.1) is 30.1 Å². The average molecular weight is 402 g/mol. The molecule has 1 aliphatic rings. The second kappa shape index (κ2) is 8.97. The number of amides is 2. The van der Waals surface area contributed by atoms with Gasteiger partial charge in [-0.3, -0.25) is 23.9 Å². The van der Waals surface area contributed by atoms with Gasteiger partial charge >= 0.3 is 0 Å². The fourth-order valence-electron chi connectivity index (χ4n) is 3.46. The predicted molar refractivity (Wildman–Crippen MR) is 105 cm³/mol. The Morgan fingerprint density at radius 2 is 2.10 bits per heavy atom. The van der Waals surface area contributed by atoms with Crippen LogP contribution in [0.2, 0.25) is 0 Å². The van der Waals surface area contributed by atoms with Crippen molar-refractivity contribution < 1.29 is 18.7 Å². The Labute approximate surface area is 167 Å². The molecule has 0 saturated carbocycles. The maximum absolute atomic E-state index is 14.5. The minimum absolute atomic E-state index is 0.0149. The standard InChI is InChI=1S/C20H23FN4O4/c1-2-29-14-10-17(20(22)28)24(11-14)12-18(26)23-16-7-6-13(9-15(16)21)25-8-4-3-5-19(25)27/h3-9,14,17H,2,10-12H2,1H3,(H2,22,28)(H,23,26)/t14-,17?/m0/s1. The summed E-state index contributed by atoms with van der Waals surface area (Å²) in [7, 11) is 0. The molecule has 1 saturated heterocycles. The number of nitrogens with one attached hydrogen (secondary N) is 1. The van der Waals surface area contributed by atoms with Crippen molar-refractivity contribution in [2.75, 3.05) is 25.0 Å². The maximum Gasteiger partial charge on any atom is 0.255 e. The molecule has 1 aliphatic heterocycles. The largest absolute Gasteiger partial charge is 0.377 e. The molecule has 0 radical (unpaired) electrons. The first kappa shape index (κ1) is 20.7. The van der Waals surface area contributed by atoms with Gasteiger partial charge in [0.15, 0.2) is 0 Å². The van der Waals surface area contributed by atoms with Crippen molar-refractivity contribution in [2.24, 2.45) is 5.73 Å². The Morgan fingerprint density at radius 1 is 1.31 bits per heavy atom. The first-order valence-corrected chi connectivity index (χ1v) is 9.31. The molecule has 1 unspecified atom stereocenters. The summed E-state index contributed by atoms with van der Waals surface area (Å²) in [6.45, 7) is 2.63. The quantitative estimate of drug-likeness (QED) is 0.715. The molecule has 0 aliphatic carbocycles. The Bertz CT molecular complexity index is 961. The second-order valence-corrected chi connectivity index (χ2v) is 6.78. The van der Waals surface area contributed by atoms with Crippen LogP contribution in [0.4, 0.5) is 10.1 Å². The summed E-state index contributed by atoms with van der Waals surface area (Å²) in [6, 6.07) is 8.12. The molecule has 1 aromatic heterocycles. The van der Waals surface area contributed by atoms with E-state index in [-0.39, 0.29) is 23.9 Å². The smallest absolute Gasteiger partial charge is 0.255 e. The van der Waals surface area contributed by atoms with E-state index in [1.165, 1.54) is 35.0 Å². The number of ether oxygens (including phenoxy) is 1. The lowest BCUT2D eigenvalue weighted by Gasteiger charge is -2.21. The molecule has 2 atom stereocenters. The van der Waals surface area contributed by atoms with Crippen LogP contribution >= 0.6 is 0 Å². The first-order valence-electron chi connectivity index (χ1n) is 9.31. The van der Waals surface area contributed by atoms with E-state index in [2.05, 4.69) is 5.32 Å². The number of hydrogen-bond acceptors (Lipinski definition) is 5. The van der Waals surface area contributed by atoms with Gasteiger partial charge in [-0.25, -0.2) is 4.39 Å². The van der Waals surface area contributed by atoms with Crippen molar-refractivity contribution in [3.05, 3.63) is 58.8 Å². The van der Waals surface area contributed by atoms with Crippen molar-refractivity contribution in [1.29, 1.82) is 0 Å². The lowest BCUT2D eigenvalue weighted by Crippen LogP contribution is -2.44. The number of nitrogens with zero attached hydrogens (tertiary/aromatic N) is 2. The average Bonchev–Trinajstić information content (AvgIpc) is 3.06. The van der Waals surface area contributed by atoms with Crippen molar-refractivity contribution in [3.63, 3.8) is 0 Å². The fourth-order valence-corrected chi connectivity index (χ4v) is 3.46. The van der Waals surface area contributed by atoms with E-state index in [0.29, 0.717) is 25.3 Å². The number of nitrogens with two attached hydrogens (primary N) is 1. The van der Waals surface area contributed by atoms with E-state index in [0.717, 1.165) is 0 Å². The van der Waals surface area contributed by atoms with E-state index in [1.54, 1.807) is 17.0 Å². The monoisotopic (exact) mass is 402 g/mol. The number of aromatic nitrogens is 1. The van der Waals surface area contributed by atoms with Crippen molar-refractivity contribution in [3.8, 4) is 5.69 Å². The molecule has 8 nitrogen and oxygen atoms in total. The highest BCUT2D eigenvalue weighted by atomic mass is 19.1. The third-order valence-corrected chi connectivity index (χ3v) is 4.77. The van der Waals surface area contributed by atoms with Crippen molar-refractivity contribution >= 4 is 17.5 Å². The zero-order valence-corrected chi connectivity index (χ0v) is 16.0. The summed E-state index contributed by atoms with van der Waals surface area (Å²) < 4.78 is 21.3. The van der Waals surface area contributed by atoms with E-state index in [1.807, 2.05) is 6.92 Å². The topological polar surface area (TPSA) is 107 Å². The van der Waals surface area contributed by atoms with Crippen LogP contribution in [0.3, 0.4) is 0 Å². The summed E-state index contributed by atoms with van der Waals surface area (Å²) in [5, 5.41) is 2.50. The number of benzene rings is 1. The van der Waals surface area contributed by atoms with Crippen LogP contribution in [0.5, 0.6) is 0 Å². The van der Waals surface area contributed by atoms with E-state index >= 15 is 0 Å². The van der Waals surface area contributed by atoms with Crippen LogP contribution in [0.15, 0.2) is 47.4 Å². The van der Waals surface area contributed by atoms with Gasteiger partial charge in [-0.1, -0.05) is 6.07 Å². The summed E-state index contributed by atoms with van der Waals surface area (Å²) >= 11 is 0. The number of carbonyl (C=O) groups excluding carboxylic acids is 2. The number of rotatable bonds is 7. The second-order valence-electron chi connectivity index (χ2n) is 6.78. The van der Waals surface area contributed by atoms with Crippen LogP contribution in [0.25, 0.3) is 5.69 Å². The molecule has 154 valence electrons. The van der Waals surface area contributed by atoms with Crippen LogP contribution in [0.1, 0.15) is 13.3 Å². The minimum Gasteiger partial charge on any atom is -0.377 e. The summed E-state index contributed by atoms with van der Waals surface area (Å²) in [5.41, 5.74) is 5.47. The highest BCUT2D eigenvalue weighted by molar-refractivity contribution is 5.93. The molecule has 9 heteroatoms. The third-order valence-electron chi connectivity index (χ3n) is 4.77. The number of likely N-dealkylation sites (tertiary alicyclic amines) is 1. The van der Waals surface area contributed by atoms with E-state index in [4.69, 9.17) is 10.5 Å². The minimum atomic E-state index is -0.674. The summed E-state index contributed by atoms with van der Waals surface area (Å²) in [4.78, 5) is 37.6. The fraction of sp³-hybridized carbons (Fsp3) is 0.350. The number of anilines is 1. The Kier molecular flexibility index (Phi) is 6.40. The van der Waals surface area contributed by atoms with Crippen LogP contribution in [-0.2, 0) is 14.3 Å². The maximum atomic E-state index is 14.5. The number of halogens is 1. The zero-order chi connectivity index (χ0) is 21.0. The Morgan fingerprint density at radius 3 is 2.76 bits per heavy atom. The van der Waals surface area contributed by atoms with Gasteiger partial charge in [0.2, 0.25) is 11.8 Å². The number of pyridine rings is 1. The van der Waals surface area contributed by atoms with Crippen molar-refractivity contribution in [1.82, 2.24) is 9.47 Å². The molecular weight excluding hydrogens is 379 g/mol. The lowest BCUT2D eigenvalue weighted by molar-refractivity contribution is -0.123. The number of carbonyl (C=O) groups is 2. The molecule has 1 fully saturated rings. The molecule has 29 heavy (non-hydrogen) atoms. The molecule has 2 heterocycles. The molecule has 0 spiro atoms. The number of hydrogen-bond donors (Lipinski definition) is 2. The predicted octanol–water partition coefficient (Wildman–Crippen LogP) is 0.880. The number of primary amides is 1. The summed E-state index contributed by atoms with van der Waals surface area (Å²) in [5.74, 6) is -1.67. The molecule has 3 rings (SSSR count). The normalized spacial score (nSPS) is 19.2. The van der Waals surface area contributed by atoms with E-state index < -0.39 is 23.7 Å². The molecule has 1 aromatic carbocycles. The van der Waals surface area contributed by atoms with Crippen molar-refractivity contribution in [2.45, 2.75) is 25.5 Å². The molecule has 3 N–H and O–H groups in total. The SMILES string of the molecule is CCO[C@H]1CC(C(N)=O)N(CC(=O)Nc2ccc(-n3ccccc3=O)cc2F)C1. The molecule has 0 bridgehead atoms. The molecular formula is C20H23FN4O4. The first-order chi connectivity index (χ1) is 13.9. The highest BCUT2D eigenvalue weighted by Crippen LogP contribution is 2.21.